The second kappa shape index (κ2) is 9.59. The Morgan fingerprint density at radius 1 is 0.839 bits per heavy atom. The van der Waals surface area contributed by atoms with Gasteiger partial charge in [0.25, 0.3) is 0 Å². The molecular formula is C22H24Cl2N2O4S. The Bertz CT molecular complexity index is 1040. The molecule has 3 rings (SSSR count). The molecule has 1 aliphatic heterocycles. The van der Waals surface area contributed by atoms with Crippen molar-refractivity contribution in [3.05, 3.63) is 57.6 Å². The molecule has 0 radical (unpaired) electrons. The van der Waals surface area contributed by atoms with Crippen LogP contribution in [0.25, 0.3) is 0 Å². The van der Waals surface area contributed by atoms with Crippen LogP contribution in [0.3, 0.4) is 0 Å². The number of nitrogens with one attached hydrogen (secondary N) is 2. The van der Waals surface area contributed by atoms with Gasteiger partial charge < -0.3 is 10.6 Å². The molecule has 0 saturated carbocycles. The number of hydrogen-bond acceptors (Lipinski definition) is 4. The smallest absolute Gasteiger partial charge is 0.224 e. The Hall–Kier alpha value is -2.09. The molecule has 9 heteroatoms. The van der Waals surface area contributed by atoms with E-state index in [-0.39, 0.29) is 36.2 Å². The molecule has 0 aliphatic carbocycles. The van der Waals surface area contributed by atoms with Crippen LogP contribution in [0.2, 0.25) is 10.0 Å². The highest BCUT2D eigenvalue weighted by Gasteiger charge is 2.39. The molecule has 0 unspecified atom stereocenters. The maximum Gasteiger partial charge on any atom is 0.224 e. The molecule has 0 bridgehead atoms. The molecule has 31 heavy (non-hydrogen) atoms. The predicted molar refractivity (Wildman–Crippen MR) is 125 cm³/mol. The van der Waals surface area contributed by atoms with Crippen molar-refractivity contribution in [2.24, 2.45) is 11.8 Å². The summed E-state index contributed by atoms with van der Waals surface area (Å²) in [5.74, 6) is -1.69. The predicted octanol–water partition coefficient (Wildman–Crippen LogP) is 4.63. The third-order valence-corrected chi connectivity index (χ3v) is 7.79. The topological polar surface area (TPSA) is 92.3 Å². The fourth-order valence-electron chi connectivity index (χ4n) is 3.78. The first kappa shape index (κ1) is 23.6. The molecule has 2 atom stereocenters. The van der Waals surface area contributed by atoms with Gasteiger partial charge in [0.05, 0.1) is 11.5 Å². The third kappa shape index (κ3) is 6.45. The third-order valence-electron chi connectivity index (χ3n) is 5.45. The second-order valence-corrected chi connectivity index (χ2v) is 11.0. The van der Waals surface area contributed by atoms with Crippen LogP contribution in [0.15, 0.2) is 36.4 Å². The SMILES string of the molecule is Cc1ccc(Cl)cc1NC(=O)C[C@@H]1CS(=O)(=O)C[C@H]1CC(=O)Nc1cc(Cl)ccc1C. The fourth-order valence-corrected chi connectivity index (χ4v) is 6.35. The molecule has 6 nitrogen and oxygen atoms in total. The summed E-state index contributed by atoms with van der Waals surface area (Å²) in [6.07, 6.45) is 0.0264. The summed E-state index contributed by atoms with van der Waals surface area (Å²) in [4.78, 5) is 25.2. The maximum absolute atomic E-state index is 12.6. The number of carbonyl (C=O) groups is 2. The van der Waals surface area contributed by atoms with Crippen molar-refractivity contribution in [1.29, 1.82) is 0 Å². The van der Waals surface area contributed by atoms with Gasteiger partial charge in [0, 0.05) is 34.3 Å². The number of anilines is 2. The first-order valence-corrected chi connectivity index (χ1v) is 12.4. The lowest BCUT2D eigenvalue weighted by atomic mass is 9.89. The van der Waals surface area contributed by atoms with Gasteiger partial charge >= 0.3 is 0 Å². The van der Waals surface area contributed by atoms with Gasteiger partial charge in [-0.3, -0.25) is 9.59 Å². The summed E-state index contributed by atoms with van der Waals surface area (Å²) >= 11 is 12.0. The first-order chi connectivity index (χ1) is 14.5. The van der Waals surface area contributed by atoms with Crippen LogP contribution in [0, 0.1) is 25.7 Å². The highest BCUT2D eigenvalue weighted by molar-refractivity contribution is 7.91. The normalized spacial score (nSPS) is 19.7. The quantitative estimate of drug-likeness (QED) is 0.627. The van der Waals surface area contributed by atoms with E-state index in [4.69, 9.17) is 23.2 Å². The van der Waals surface area contributed by atoms with Crippen LogP contribution in [0.4, 0.5) is 11.4 Å². The Morgan fingerprint density at radius 3 is 1.61 bits per heavy atom. The van der Waals surface area contributed by atoms with Crippen LogP contribution in [0.1, 0.15) is 24.0 Å². The van der Waals surface area contributed by atoms with E-state index in [0.717, 1.165) is 11.1 Å². The van der Waals surface area contributed by atoms with E-state index < -0.39 is 21.7 Å². The number of carbonyl (C=O) groups excluding carboxylic acids is 2. The lowest BCUT2D eigenvalue weighted by molar-refractivity contribution is -0.119. The molecule has 1 aliphatic rings. The van der Waals surface area contributed by atoms with Crippen LogP contribution < -0.4 is 10.6 Å². The monoisotopic (exact) mass is 482 g/mol. The van der Waals surface area contributed by atoms with Gasteiger partial charge in [-0.25, -0.2) is 8.42 Å². The summed E-state index contributed by atoms with van der Waals surface area (Å²) in [6.45, 7) is 3.69. The highest BCUT2D eigenvalue weighted by atomic mass is 35.5. The maximum atomic E-state index is 12.6. The van der Waals surface area contributed by atoms with Gasteiger partial charge in [0.1, 0.15) is 0 Å². The molecule has 1 saturated heterocycles. The van der Waals surface area contributed by atoms with Gasteiger partial charge in [-0.05, 0) is 61.1 Å². The summed E-state index contributed by atoms with van der Waals surface area (Å²) in [7, 11) is -3.31. The van der Waals surface area contributed by atoms with Crippen LogP contribution in [-0.4, -0.2) is 31.7 Å². The number of amides is 2. The Morgan fingerprint density at radius 2 is 1.23 bits per heavy atom. The van der Waals surface area contributed by atoms with Crippen LogP contribution in [-0.2, 0) is 19.4 Å². The number of benzene rings is 2. The summed E-state index contributed by atoms with van der Waals surface area (Å²) in [5, 5.41) is 6.59. The zero-order valence-electron chi connectivity index (χ0n) is 17.2. The fraction of sp³-hybridized carbons (Fsp3) is 0.364. The summed E-state index contributed by atoms with van der Waals surface area (Å²) < 4.78 is 24.5. The number of hydrogen-bond donors (Lipinski definition) is 2. The average molecular weight is 483 g/mol. The summed E-state index contributed by atoms with van der Waals surface area (Å²) in [5.41, 5.74) is 2.88. The van der Waals surface area contributed by atoms with Gasteiger partial charge in [0.2, 0.25) is 11.8 Å². The van der Waals surface area contributed by atoms with Crippen molar-refractivity contribution in [2.45, 2.75) is 26.7 Å². The zero-order chi connectivity index (χ0) is 22.8. The van der Waals surface area contributed by atoms with E-state index in [0.29, 0.717) is 21.4 Å². The van der Waals surface area contributed by atoms with E-state index >= 15 is 0 Å². The first-order valence-electron chi connectivity index (χ1n) is 9.85. The van der Waals surface area contributed by atoms with E-state index in [9.17, 15) is 18.0 Å². The highest BCUT2D eigenvalue weighted by Crippen LogP contribution is 2.32. The minimum atomic E-state index is -3.31. The Labute approximate surface area is 192 Å². The molecule has 0 aromatic heterocycles. The standard InChI is InChI=1S/C22H24Cl2N2O4S/c1-13-3-5-17(23)9-19(13)25-21(27)7-15-11-31(29,30)12-16(15)8-22(28)26-20-10-18(24)6-4-14(20)2/h3-6,9-10,15-16H,7-8,11-12H2,1-2H3,(H,25,27)(H,26,28)/t15-,16-/m1/s1. The molecule has 166 valence electrons. The minimum Gasteiger partial charge on any atom is -0.326 e. The molecule has 2 aromatic carbocycles. The van der Waals surface area contributed by atoms with E-state index in [1.807, 2.05) is 13.8 Å². The number of aryl methyl sites for hydroxylation is 2. The second-order valence-electron chi connectivity index (χ2n) is 8.02. The van der Waals surface area contributed by atoms with Crippen molar-refractivity contribution in [3.63, 3.8) is 0 Å². The van der Waals surface area contributed by atoms with E-state index in [1.165, 1.54) is 0 Å². The Balaban J connectivity index is 1.66. The summed E-state index contributed by atoms with van der Waals surface area (Å²) in [6, 6.07) is 10.3. The van der Waals surface area contributed by atoms with Crippen LogP contribution >= 0.6 is 23.2 Å². The lowest BCUT2D eigenvalue weighted by Gasteiger charge is -2.18. The molecule has 2 aromatic rings. The average Bonchev–Trinajstić information content (AvgIpc) is 2.94. The molecule has 2 amide bonds. The molecule has 1 heterocycles. The van der Waals surface area contributed by atoms with Crippen molar-refractivity contribution < 1.29 is 18.0 Å². The van der Waals surface area contributed by atoms with Gasteiger partial charge in [-0.1, -0.05) is 35.3 Å². The number of halogens is 2. The molecule has 1 fully saturated rings. The van der Waals surface area contributed by atoms with Crippen molar-refractivity contribution in [2.75, 3.05) is 22.1 Å². The van der Waals surface area contributed by atoms with Gasteiger partial charge in [-0.15, -0.1) is 0 Å². The molecular weight excluding hydrogens is 459 g/mol. The minimum absolute atomic E-state index is 0.0132. The van der Waals surface area contributed by atoms with Gasteiger partial charge in [-0.2, -0.15) is 0 Å². The Kier molecular flexibility index (Phi) is 7.29. The zero-order valence-corrected chi connectivity index (χ0v) is 19.6. The van der Waals surface area contributed by atoms with Crippen molar-refractivity contribution >= 4 is 56.2 Å². The number of rotatable bonds is 6. The van der Waals surface area contributed by atoms with Gasteiger partial charge in [0.15, 0.2) is 9.84 Å². The van der Waals surface area contributed by atoms with E-state index in [1.54, 1.807) is 36.4 Å². The molecule has 0 spiro atoms. The largest absolute Gasteiger partial charge is 0.326 e. The lowest BCUT2D eigenvalue weighted by Crippen LogP contribution is -2.25. The van der Waals surface area contributed by atoms with Crippen molar-refractivity contribution in [1.82, 2.24) is 0 Å². The number of sulfone groups is 1. The van der Waals surface area contributed by atoms with Crippen LogP contribution in [0.5, 0.6) is 0 Å². The van der Waals surface area contributed by atoms with E-state index in [2.05, 4.69) is 10.6 Å². The van der Waals surface area contributed by atoms with Crippen molar-refractivity contribution in [3.8, 4) is 0 Å². The molecule has 2 N–H and O–H groups in total.